The van der Waals surface area contributed by atoms with E-state index in [0.717, 1.165) is 43.8 Å². The van der Waals surface area contributed by atoms with Crippen LogP contribution in [0.3, 0.4) is 0 Å². The number of hydrogen-bond donors (Lipinski definition) is 1. The molecule has 5 heteroatoms. The number of carbonyl (C=O) groups is 1. The Labute approximate surface area is 228 Å². The molecule has 3 aromatic carbocycles. The Kier molecular flexibility index (Phi) is 9.46. The van der Waals surface area contributed by atoms with E-state index in [1.807, 2.05) is 42.5 Å². The van der Waals surface area contributed by atoms with Crippen molar-refractivity contribution >= 4 is 11.6 Å². The van der Waals surface area contributed by atoms with Gasteiger partial charge in [-0.1, -0.05) is 51.1 Å². The van der Waals surface area contributed by atoms with Gasteiger partial charge in [-0.15, -0.1) is 0 Å². The van der Waals surface area contributed by atoms with Crippen molar-refractivity contribution in [3.05, 3.63) is 89.0 Å². The van der Waals surface area contributed by atoms with Crippen molar-refractivity contribution in [3.63, 3.8) is 0 Å². The number of ether oxygens (including phenoxy) is 2. The Morgan fingerprint density at radius 2 is 1.79 bits per heavy atom. The lowest BCUT2D eigenvalue weighted by Gasteiger charge is -2.27. The predicted octanol–water partition coefficient (Wildman–Crippen LogP) is 7.34. The Morgan fingerprint density at radius 3 is 2.61 bits per heavy atom. The molecule has 0 saturated heterocycles. The van der Waals surface area contributed by atoms with Crippen LogP contribution in [-0.4, -0.2) is 37.6 Å². The molecule has 0 fully saturated rings. The predicted molar refractivity (Wildman–Crippen MR) is 155 cm³/mol. The summed E-state index contributed by atoms with van der Waals surface area (Å²) in [5.41, 5.74) is 5.24. The number of benzene rings is 3. The van der Waals surface area contributed by atoms with Gasteiger partial charge in [0.1, 0.15) is 11.5 Å². The number of nitrogens with one attached hydrogen (secondary N) is 1. The van der Waals surface area contributed by atoms with Gasteiger partial charge < -0.3 is 14.8 Å². The third-order valence-electron chi connectivity index (χ3n) is 7.00. The van der Waals surface area contributed by atoms with Crippen LogP contribution in [0.2, 0.25) is 0 Å². The van der Waals surface area contributed by atoms with Crippen LogP contribution in [-0.2, 0) is 13.0 Å². The molecule has 0 saturated carbocycles. The van der Waals surface area contributed by atoms with Crippen LogP contribution in [0, 0.1) is 5.41 Å². The van der Waals surface area contributed by atoms with E-state index in [-0.39, 0.29) is 5.91 Å². The summed E-state index contributed by atoms with van der Waals surface area (Å²) in [7, 11) is 1.62. The van der Waals surface area contributed by atoms with Crippen LogP contribution >= 0.6 is 0 Å². The van der Waals surface area contributed by atoms with E-state index in [9.17, 15) is 4.79 Å². The second-order valence-electron chi connectivity index (χ2n) is 11.5. The van der Waals surface area contributed by atoms with Crippen molar-refractivity contribution in [2.24, 2.45) is 5.41 Å². The molecule has 2 bridgehead atoms. The SMILES string of the molecule is COc1cccc(NC(=O)c2ccc3c(c2)Cc2cccc(c2)CN(CCC(C)(C)C)CCCCCO3)c1. The lowest BCUT2D eigenvalue weighted by molar-refractivity contribution is 0.102. The minimum atomic E-state index is -0.149. The quantitative estimate of drug-likeness (QED) is 0.387. The number of nitrogens with zero attached hydrogens (tertiary/aromatic N) is 1. The zero-order valence-corrected chi connectivity index (χ0v) is 23.4. The molecular formula is C33H42N2O3. The fourth-order valence-electron chi connectivity index (χ4n) is 4.78. The summed E-state index contributed by atoms with van der Waals surface area (Å²) in [6, 6.07) is 22.0. The van der Waals surface area contributed by atoms with Crippen LogP contribution < -0.4 is 14.8 Å². The number of anilines is 1. The lowest BCUT2D eigenvalue weighted by atomic mass is 9.92. The van der Waals surface area contributed by atoms with Gasteiger partial charge in [0, 0.05) is 30.3 Å². The molecule has 1 amide bonds. The molecule has 0 atom stereocenters. The van der Waals surface area contributed by atoms with Crippen LogP contribution in [0.4, 0.5) is 5.69 Å². The van der Waals surface area contributed by atoms with E-state index in [4.69, 9.17) is 9.47 Å². The molecule has 38 heavy (non-hydrogen) atoms. The zero-order valence-electron chi connectivity index (χ0n) is 23.4. The minimum absolute atomic E-state index is 0.149. The summed E-state index contributed by atoms with van der Waals surface area (Å²) in [5.74, 6) is 1.41. The van der Waals surface area contributed by atoms with E-state index < -0.39 is 0 Å². The Bertz CT molecular complexity index is 1210. The molecule has 202 valence electrons. The van der Waals surface area contributed by atoms with Gasteiger partial charge in [-0.2, -0.15) is 0 Å². The van der Waals surface area contributed by atoms with E-state index in [1.54, 1.807) is 7.11 Å². The molecule has 1 aliphatic heterocycles. The van der Waals surface area contributed by atoms with Crippen molar-refractivity contribution in [1.29, 1.82) is 0 Å². The fraction of sp³-hybridized carbons (Fsp3) is 0.424. The van der Waals surface area contributed by atoms with Gasteiger partial charge in [0.05, 0.1) is 13.7 Å². The van der Waals surface area contributed by atoms with Gasteiger partial charge in [0.2, 0.25) is 0 Å². The number of amides is 1. The average molecular weight is 515 g/mol. The molecule has 0 spiro atoms. The highest BCUT2D eigenvalue weighted by Crippen LogP contribution is 2.26. The minimum Gasteiger partial charge on any atom is -0.497 e. The Balaban J connectivity index is 1.55. The maximum Gasteiger partial charge on any atom is 0.255 e. The first-order valence-corrected chi connectivity index (χ1v) is 13.8. The summed E-state index contributed by atoms with van der Waals surface area (Å²) in [5, 5.41) is 2.99. The second-order valence-corrected chi connectivity index (χ2v) is 11.5. The monoisotopic (exact) mass is 514 g/mol. The topological polar surface area (TPSA) is 50.8 Å². The number of hydrogen-bond acceptors (Lipinski definition) is 4. The number of rotatable bonds is 5. The molecule has 0 aliphatic carbocycles. The molecule has 1 aliphatic rings. The third-order valence-corrected chi connectivity index (χ3v) is 7.00. The first-order valence-electron chi connectivity index (χ1n) is 13.8. The molecule has 3 aromatic rings. The highest BCUT2D eigenvalue weighted by atomic mass is 16.5. The third kappa shape index (κ3) is 8.35. The summed E-state index contributed by atoms with van der Waals surface area (Å²) in [6.07, 6.45) is 5.23. The van der Waals surface area contributed by atoms with Crippen LogP contribution in [0.25, 0.3) is 0 Å². The fourth-order valence-corrected chi connectivity index (χ4v) is 4.78. The number of fused-ring (bicyclic) bond motifs is 3. The lowest BCUT2D eigenvalue weighted by Crippen LogP contribution is -2.28. The maximum atomic E-state index is 13.1. The maximum absolute atomic E-state index is 13.1. The number of carbonyl (C=O) groups excluding carboxylic acids is 1. The standard InChI is InChI=1S/C33H42N2O3/c1-33(2,3)16-18-35-17-6-5-7-19-38-31-15-14-27(32(36)34-29-12-9-13-30(23-29)37-4)22-28(31)21-25-10-8-11-26(20-25)24-35/h8-15,20,22-23H,5-7,16-19,21,24H2,1-4H3,(H,34,36). The Morgan fingerprint density at radius 1 is 0.974 bits per heavy atom. The van der Waals surface area contributed by atoms with E-state index >= 15 is 0 Å². The van der Waals surface area contributed by atoms with E-state index in [1.165, 1.54) is 24.0 Å². The molecule has 0 aromatic heterocycles. The van der Waals surface area contributed by atoms with Crippen LogP contribution in [0.1, 0.15) is 73.5 Å². The van der Waals surface area contributed by atoms with Gasteiger partial charge in [-0.05, 0) is 91.2 Å². The van der Waals surface area contributed by atoms with Gasteiger partial charge in [0.25, 0.3) is 5.91 Å². The van der Waals surface area contributed by atoms with Gasteiger partial charge in [-0.25, -0.2) is 0 Å². The smallest absolute Gasteiger partial charge is 0.255 e. The molecule has 0 radical (unpaired) electrons. The largest absolute Gasteiger partial charge is 0.497 e. The van der Waals surface area contributed by atoms with E-state index in [0.29, 0.717) is 35.4 Å². The van der Waals surface area contributed by atoms with Gasteiger partial charge >= 0.3 is 0 Å². The molecule has 0 unspecified atom stereocenters. The summed E-state index contributed by atoms with van der Waals surface area (Å²) < 4.78 is 11.5. The highest BCUT2D eigenvalue weighted by Gasteiger charge is 2.16. The zero-order chi connectivity index (χ0) is 27.0. The molecule has 5 nitrogen and oxygen atoms in total. The number of methoxy groups -OCH3 is 1. The first-order chi connectivity index (χ1) is 18.3. The summed E-state index contributed by atoms with van der Waals surface area (Å²) in [4.78, 5) is 15.7. The van der Waals surface area contributed by atoms with Crippen LogP contribution in [0.5, 0.6) is 11.5 Å². The molecule has 1 heterocycles. The van der Waals surface area contributed by atoms with Crippen molar-refractivity contribution in [1.82, 2.24) is 4.90 Å². The summed E-state index contributed by atoms with van der Waals surface area (Å²) >= 11 is 0. The molecule has 4 rings (SSSR count). The molecular weight excluding hydrogens is 472 g/mol. The molecule has 1 N–H and O–H groups in total. The van der Waals surface area contributed by atoms with Crippen molar-refractivity contribution in [3.8, 4) is 11.5 Å². The van der Waals surface area contributed by atoms with Gasteiger partial charge in [0.15, 0.2) is 0 Å². The average Bonchev–Trinajstić information content (AvgIpc) is 2.89. The first kappa shape index (κ1) is 27.7. The van der Waals surface area contributed by atoms with Crippen molar-refractivity contribution < 1.29 is 14.3 Å². The van der Waals surface area contributed by atoms with Crippen LogP contribution in [0.15, 0.2) is 66.7 Å². The normalized spacial score (nSPS) is 15.1. The van der Waals surface area contributed by atoms with Crippen molar-refractivity contribution in [2.75, 3.05) is 32.1 Å². The Hall–Kier alpha value is -3.31. The second kappa shape index (κ2) is 13.0. The highest BCUT2D eigenvalue weighted by molar-refractivity contribution is 6.04. The van der Waals surface area contributed by atoms with Gasteiger partial charge in [-0.3, -0.25) is 9.69 Å². The summed E-state index contributed by atoms with van der Waals surface area (Å²) in [6.45, 7) is 10.8. The van der Waals surface area contributed by atoms with Crippen molar-refractivity contribution in [2.45, 2.75) is 59.4 Å². The van der Waals surface area contributed by atoms with E-state index in [2.05, 4.69) is 55.3 Å².